The maximum Gasteiger partial charge on any atom is 0.325 e. The van der Waals surface area contributed by atoms with Crippen LogP contribution in [0.5, 0.6) is 11.5 Å². The van der Waals surface area contributed by atoms with Gasteiger partial charge in [-0.15, -0.1) is 0 Å². The van der Waals surface area contributed by atoms with Crippen molar-refractivity contribution in [2.24, 2.45) is 5.41 Å². The summed E-state index contributed by atoms with van der Waals surface area (Å²) in [6.07, 6.45) is 4.39. The van der Waals surface area contributed by atoms with Crippen LogP contribution >= 0.6 is 0 Å². The van der Waals surface area contributed by atoms with Crippen LogP contribution in [0, 0.1) is 5.41 Å². The maximum absolute atomic E-state index is 13.6. The lowest BCUT2D eigenvalue weighted by Crippen LogP contribution is -2.56. The number of ether oxygens (including phenoxy) is 2. The predicted octanol–water partition coefficient (Wildman–Crippen LogP) is 3.99. The molecule has 1 aliphatic heterocycles. The van der Waals surface area contributed by atoms with Gasteiger partial charge in [-0.25, -0.2) is 4.79 Å². The van der Waals surface area contributed by atoms with Crippen LogP contribution in [-0.2, 0) is 21.5 Å². The van der Waals surface area contributed by atoms with Crippen LogP contribution in [0.3, 0.4) is 0 Å². The number of para-hydroxylation sites is 1. The first-order valence-electron chi connectivity index (χ1n) is 10.5. The summed E-state index contributed by atoms with van der Waals surface area (Å²) in [6.45, 7) is 0. The van der Waals surface area contributed by atoms with Gasteiger partial charge < -0.3 is 14.8 Å². The Morgan fingerprint density at radius 2 is 1.77 bits per heavy atom. The van der Waals surface area contributed by atoms with Crippen molar-refractivity contribution in [3.05, 3.63) is 59.7 Å². The van der Waals surface area contributed by atoms with Gasteiger partial charge in [0.15, 0.2) is 5.54 Å². The number of rotatable bonds is 3. The van der Waals surface area contributed by atoms with E-state index in [-0.39, 0.29) is 23.5 Å². The Bertz CT molecular complexity index is 998. The van der Waals surface area contributed by atoms with Crippen LogP contribution in [0.4, 0.5) is 4.79 Å². The zero-order valence-electron chi connectivity index (χ0n) is 17.3. The Hall–Kier alpha value is -2.86. The molecule has 0 radical (unpaired) electrons. The Morgan fingerprint density at radius 1 is 1.03 bits per heavy atom. The van der Waals surface area contributed by atoms with E-state index in [4.69, 9.17) is 9.47 Å². The molecule has 2 aliphatic carbocycles. The number of nitrogens with zero attached hydrogens (tertiary/aromatic N) is 1. The summed E-state index contributed by atoms with van der Waals surface area (Å²) in [5.74, 6) is 1.23. The zero-order valence-corrected chi connectivity index (χ0v) is 17.3. The molecule has 156 valence electrons. The Morgan fingerprint density at radius 3 is 2.40 bits per heavy atom. The fraction of sp³-hybridized carbons (Fsp3) is 0.417. The second-order valence-corrected chi connectivity index (χ2v) is 8.67. The summed E-state index contributed by atoms with van der Waals surface area (Å²) in [6, 6.07) is 15.2. The molecular formula is C24H26N2O4. The normalized spacial score (nSPS) is 30.1. The number of benzene rings is 2. The van der Waals surface area contributed by atoms with Crippen LogP contribution < -0.4 is 10.1 Å². The van der Waals surface area contributed by atoms with Gasteiger partial charge in [-0.05, 0) is 67.5 Å². The van der Waals surface area contributed by atoms with Gasteiger partial charge in [0.25, 0.3) is 5.91 Å². The molecular weight excluding hydrogens is 380 g/mol. The van der Waals surface area contributed by atoms with Gasteiger partial charge in [0, 0.05) is 19.6 Å². The largest absolute Gasteiger partial charge is 0.457 e. The number of carbonyl (C=O) groups is 2. The number of imide groups is 1. The molecule has 2 aromatic rings. The molecule has 0 aromatic heterocycles. The van der Waals surface area contributed by atoms with Crippen molar-refractivity contribution in [2.75, 3.05) is 14.2 Å². The number of urea groups is 1. The van der Waals surface area contributed by atoms with Gasteiger partial charge in [0.2, 0.25) is 0 Å². The molecule has 5 rings (SSSR count). The van der Waals surface area contributed by atoms with Crippen molar-refractivity contribution >= 4 is 11.9 Å². The Kier molecular flexibility index (Phi) is 4.36. The average molecular weight is 406 g/mol. The number of methoxy groups -OCH3 is 1. The Balaban J connectivity index is 1.59. The van der Waals surface area contributed by atoms with Crippen molar-refractivity contribution in [2.45, 2.75) is 43.7 Å². The van der Waals surface area contributed by atoms with Crippen molar-refractivity contribution < 1.29 is 19.1 Å². The van der Waals surface area contributed by atoms with Crippen molar-refractivity contribution in [3.8, 4) is 11.5 Å². The van der Waals surface area contributed by atoms with E-state index in [1.807, 2.05) is 48.5 Å². The molecule has 6 heteroatoms. The number of likely N-dealkylation sites (N-methyl/N-ethyl adjacent to an activating group) is 1. The summed E-state index contributed by atoms with van der Waals surface area (Å²) in [5.41, 5.74) is 0.598. The fourth-order valence-corrected chi connectivity index (χ4v) is 5.64. The van der Waals surface area contributed by atoms with Crippen molar-refractivity contribution in [3.63, 3.8) is 0 Å². The lowest BCUT2D eigenvalue weighted by Gasteiger charge is -2.46. The van der Waals surface area contributed by atoms with Crippen molar-refractivity contribution in [1.29, 1.82) is 0 Å². The van der Waals surface area contributed by atoms with Gasteiger partial charge in [0.05, 0.1) is 6.10 Å². The van der Waals surface area contributed by atoms with E-state index in [1.165, 1.54) is 4.90 Å². The molecule has 1 saturated carbocycles. The molecule has 3 amide bonds. The van der Waals surface area contributed by atoms with Crippen molar-refractivity contribution in [1.82, 2.24) is 10.2 Å². The molecule has 3 aliphatic rings. The number of carbonyl (C=O) groups excluding carboxylic acids is 2. The van der Waals surface area contributed by atoms with Crippen LogP contribution in [0.1, 0.15) is 36.8 Å². The first kappa shape index (κ1) is 19.1. The monoisotopic (exact) mass is 406 g/mol. The predicted molar refractivity (Wildman–Crippen MR) is 111 cm³/mol. The van der Waals surface area contributed by atoms with Gasteiger partial charge >= 0.3 is 6.03 Å². The van der Waals surface area contributed by atoms with E-state index in [0.29, 0.717) is 5.75 Å². The highest BCUT2D eigenvalue weighted by Crippen LogP contribution is 2.60. The van der Waals surface area contributed by atoms with E-state index >= 15 is 0 Å². The van der Waals surface area contributed by atoms with E-state index in [2.05, 4.69) is 5.32 Å². The quantitative estimate of drug-likeness (QED) is 0.783. The molecule has 1 atom stereocenters. The van der Waals surface area contributed by atoms with E-state index in [1.54, 1.807) is 14.2 Å². The van der Waals surface area contributed by atoms with Gasteiger partial charge in [-0.1, -0.05) is 24.3 Å². The minimum Gasteiger partial charge on any atom is -0.457 e. The number of nitrogens with one attached hydrogen (secondary N) is 1. The fourth-order valence-electron chi connectivity index (χ4n) is 5.64. The second kappa shape index (κ2) is 6.84. The number of fused-ring (bicyclic) bond motifs is 3. The minimum absolute atomic E-state index is 0.168. The van der Waals surface area contributed by atoms with Gasteiger partial charge in [-0.3, -0.25) is 9.69 Å². The molecule has 1 saturated heterocycles. The summed E-state index contributed by atoms with van der Waals surface area (Å²) in [4.78, 5) is 27.4. The van der Waals surface area contributed by atoms with Gasteiger partial charge in [-0.2, -0.15) is 0 Å². The minimum atomic E-state index is -1.04. The third-order valence-electron chi connectivity index (χ3n) is 7.24. The lowest BCUT2D eigenvalue weighted by atomic mass is 9.61. The second-order valence-electron chi connectivity index (χ2n) is 8.67. The first-order valence-corrected chi connectivity index (χ1v) is 10.5. The molecule has 1 N–H and O–H groups in total. The number of amides is 3. The highest BCUT2D eigenvalue weighted by atomic mass is 16.5. The lowest BCUT2D eigenvalue weighted by molar-refractivity contribution is -0.137. The van der Waals surface area contributed by atoms with Gasteiger partial charge in [0.1, 0.15) is 11.5 Å². The SMILES string of the molecule is COC1CCC2(CC1)Cc1ccc(Oc3ccccc3)cc1C21NC(=O)N(C)C1=O. The molecule has 0 bridgehead atoms. The van der Waals surface area contributed by atoms with Crippen LogP contribution in [0.15, 0.2) is 48.5 Å². The molecule has 2 spiro atoms. The average Bonchev–Trinajstić information content (AvgIpc) is 3.16. The topological polar surface area (TPSA) is 67.9 Å². The third kappa shape index (κ3) is 2.59. The summed E-state index contributed by atoms with van der Waals surface area (Å²) < 4.78 is 11.6. The molecule has 1 unspecified atom stereocenters. The molecule has 1 heterocycles. The highest BCUT2D eigenvalue weighted by Gasteiger charge is 2.67. The molecule has 30 heavy (non-hydrogen) atoms. The zero-order chi connectivity index (χ0) is 20.9. The van der Waals surface area contributed by atoms with Crippen LogP contribution in [0.25, 0.3) is 0 Å². The third-order valence-corrected chi connectivity index (χ3v) is 7.24. The van der Waals surface area contributed by atoms with E-state index < -0.39 is 5.54 Å². The molecule has 2 fully saturated rings. The van der Waals surface area contributed by atoms with E-state index in [0.717, 1.165) is 49.0 Å². The molecule has 2 aromatic carbocycles. The Labute approximate surface area is 176 Å². The molecule has 6 nitrogen and oxygen atoms in total. The standard InChI is InChI=1S/C24H26N2O4/c1-26-21(27)24(25-22(26)28)20-14-19(30-18-6-4-3-5-7-18)9-8-16(20)15-23(24)12-10-17(29-2)11-13-23/h3-9,14,17H,10-13,15H2,1-2H3,(H,25,28). The smallest absolute Gasteiger partial charge is 0.325 e. The van der Waals surface area contributed by atoms with E-state index in [9.17, 15) is 9.59 Å². The summed E-state index contributed by atoms with van der Waals surface area (Å²) in [7, 11) is 3.30. The number of hydrogen-bond donors (Lipinski definition) is 1. The number of hydrogen-bond acceptors (Lipinski definition) is 4. The summed E-state index contributed by atoms with van der Waals surface area (Å²) in [5, 5.41) is 3.11. The summed E-state index contributed by atoms with van der Waals surface area (Å²) >= 11 is 0. The highest BCUT2D eigenvalue weighted by molar-refractivity contribution is 6.08. The first-order chi connectivity index (χ1) is 14.5. The van der Waals surface area contributed by atoms with Crippen LogP contribution in [-0.4, -0.2) is 37.1 Å². The van der Waals surface area contributed by atoms with Crippen LogP contribution in [0.2, 0.25) is 0 Å². The maximum atomic E-state index is 13.6.